The van der Waals surface area contributed by atoms with E-state index in [4.69, 9.17) is 4.74 Å². The highest BCUT2D eigenvalue weighted by Crippen LogP contribution is 2.25. The third-order valence-electron chi connectivity index (χ3n) is 5.52. The minimum absolute atomic E-state index is 0.0681. The number of nitrogens with one attached hydrogen (secondary N) is 1. The van der Waals surface area contributed by atoms with Crippen molar-refractivity contribution < 1.29 is 14.3 Å². The summed E-state index contributed by atoms with van der Waals surface area (Å²) in [5, 5.41) is 2.87. The molecule has 1 unspecified atom stereocenters. The number of likely N-dealkylation sites (N-methyl/N-ethyl adjacent to an activating group) is 1. The summed E-state index contributed by atoms with van der Waals surface area (Å²) >= 11 is 0. The Balaban J connectivity index is 1.60. The number of imidazole rings is 1. The number of carbonyl (C=O) groups is 2. The van der Waals surface area contributed by atoms with Gasteiger partial charge in [0.15, 0.2) is 0 Å². The molecule has 0 saturated carbocycles. The van der Waals surface area contributed by atoms with Gasteiger partial charge in [-0.25, -0.2) is 9.59 Å². The predicted octanol–water partition coefficient (Wildman–Crippen LogP) is 2.92. The van der Waals surface area contributed by atoms with Crippen molar-refractivity contribution in [2.75, 3.05) is 11.9 Å². The van der Waals surface area contributed by atoms with Gasteiger partial charge in [-0.3, -0.25) is 13.9 Å². The molecule has 1 aliphatic rings. The first-order valence-electron chi connectivity index (χ1n) is 10.7. The van der Waals surface area contributed by atoms with Crippen LogP contribution in [0, 0.1) is 0 Å². The van der Waals surface area contributed by atoms with Gasteiger partial charge in [0.25, 0.3) is 0 Å². The fourth-order valence-electron chi connectivity index (χ4n) is 4.10. The smallest absolute Gasteiger partial charge is 0.407 e. The first-order valence-corrected chi connectivity index (χ1v) is 10.7. The number of rotatable bonds is 4. The molecule has 0 bridgehead atoms. The molecule has 2 aromatic carbocycles. The molecule has 0 radical (unpaired) electrons. The van der Waals surface area contributed by atoms with Crippen molar-refractivity contribution in [1.29, 1.82) is 0 Å². The lowest BCUT2D eigenvalue weighted by molar-refractivity contribution is -0.118. The summed E-state index contributed by atoms with van der Waals surface area (Å²) in [6, 6.07) is 14.7. The van der Waals surface area contributed by atoms with E-state index in [0.717, 1.165) is 22.3 Å². The monoisotopic (exact) mass is 436 g/mol. The molecule has 1 atom stereocenters. The molecule has 4 rings (SSSR count). The Labute approximate surface area is 186 Å². The van der Waals surface area contributed by atoms with Crippen LogP contribution in [0.1, 0.15) is 26.3 Å². The standard InChI is InChI=1S/C24H28N4O4/c1-24(2,3)32-22(30)25-17-13-16-9-8-12-19-21(16)28(14-17)23(31)27(19)15-20(29)26(4)18-10-6-5-7-11-18/h5-12,17H,13-15H2,1-4H3,(H,25,30). The van der Waals surface area contributed by atoms with Crippen LogP contribution in [-0.2, 0) is 29.0 Å². The maximum Gasteiger partial charge on any atom is 0.407 e. The van der Waals surface area contributed by atoms with Crippen molar-refractivity contribution in [1.82, 2.24) is 14.5 Å². The third kappa shape index (κ3) is 4.26. The number of carbonyl (C=O) groups excluding carboxylic acids is 2. The topological polar surface area (TPSA) is 85.6 Å². The van der Waals surface area contributed by atoms with Gasteiger partial charge in [0.1, 0.15) is 12.1 Å². The Bertz CT molecular complexity index is 1220. The first-order chi connectivity index (χ1) is 15.1. The predicted molar refractivity (Wildman–Crippen MR) is 123 cm³/mol. The Morgan fingerprint density at radius 2 is 1.84 bits per heavy atom. The van der Waals surface area contributed by atoms with Crippen molar-refractivity contribution >= 4 is 28.7 Å². The van der Waals surface area contributed by atoms with E-state index in [2.05, 4.69) is 5.32 Å². The van der Waals surface area contributed by atoms with Gasteiger partial charge in [0.2, 0.25) is 5.91 Å². The summed E-state index contributed by atoms with van der Waals surface area (Å²) in [7, 11) is 1.70. The van der Waals surface area contributed by atoms with Gasteiger partial charge < -0.3 is 15.0 Å². The number of ether oxygens (including phenoxy) is 1. The summed E-state index contributed by atoms with van der Waals surface area (Å²) in [5.74, 6) is -0.189. The second kappa shape index (κ2) is 8.18. The van der Waals surface area contributed by atoms with E-state index in [1.807, 2.05) is 48.5 Å². The van der Waals surface area contributed by atoms with E-state index in [9.17, 15) is 14.4 Å². The Morgan fingerprint density at radius 1 is 1.12 bits per heavy atom. The zero-order valence-corrected chi connectivity index (χ0v) is 18.8. The number of benzene rings is 2. The molecule has 8 nitrogen and oxygen atoms in total. The van der Waals surface area contributed by atoms with E-state index in [1.54, 1.807) is 37.3 Å². The van der Waals surface area contributed by atoms with Crippen LogP contribution in [-0.4, -0.2) is 39.8 Å². The normalized spacial score (nSPS) is 15.4. The molecular formula is C24H28N4O4. The second-order valence-corrected chi connectivity index (χ2v) is 9.10. The van der Waals surface area contributed by atoms with Crippen molar-refractivity contribution in [3.05, 3.63) is 64.6 Å². The van der Waals surface area contributed by atoms with E-state index in [-0.39, 0.29) is 24.2 Å². The van der Waals surface area contributed by atoms with Crippen LogP contribution in [0.4, 0.5) is 10.5 Å². The molecule has 8 heteroatoms. The minimum Gasteiger partial charge on any atom is -0.444 e. The van der Waals surface area contributed by atoms with Crippen molar-refractivity contribution in [2.24, 2.45) is 0 Å². The van der Waals surface area contributed by atoms with Gasteiger partial charge in [0, 0.05) is 19.3 Å². The van der Waals surface area contributed by atoms with Gasteiger partial charge in [-0.15, -0.1) is 0 Å². The minimum atomic E-state index is -0.602. The van der Waals surface area contributed by atoms with E-state index < -0.39 is 11.7 Å². The SMILES string of the molecule is CN(C(=O)Cn1c(=O)n2c3c(cccc31)CC(NC(=O)OC(C)(C)C)C2)c1ccccc1. The quantitative estimate of drug-likeness (QED) is 0.682. The van der Waals surface area contributed by atoms with Crippen LogP contribution >= 0.6 is 0 Å². The third-order valence-corrected chi connectivity index (χ3v) is 5.52. The second-order valence-electron chi connectivity index (χ2n) is 9.10. The molecule has 168 valence electrons. The average Bonchev–Trinajstić information content (AvgIpc) is 2.99. The van der Waals surface area contributed by atoms with E-state index >= 15 is 0 Å². The Hall–Kier alpha value is -3.55. The largest absolute Gasteiger partial charge is 0.444 e. The van der Waals surface area contributed by atoms with Crippen molar-refractivity contribution in [3.63, 3.8) is 0 Å². The molecular weight excluding hydrogens is 408 g/mol. The van der Waals surface area contributed by atoms with Crippen molar-refractivity contribution in [2.45, 2.75) is 51.9 Å². The molecule has 2 heterocycles. The zero-order valence-electron chi connectivity index (χ0n) is 18.8. The molecule has 0 spiro atoms. The number of aromatic nitrogens is 2. The van der Waals surface area contributed by atoms with E-state index in [0.29, 0.717) is 13.0 Å². The summed E-state index contributed by atoms with van der Waals surface area (Å²) < 4.78 is 8.52. The first kappa shape index (κ1) is 21.7. The summed E-state index contributed by atoms with van der Waals surface area (Å²) in [5.41, 5.74) is 2.39. The molecule has 3 aromatic rings. The van der Waals surface area contributed by atoms with Crippen LogP contribution < -0.4 is 15.9 Å². The number of hydrogen-bond acceptors (Lipinski definition) is 4. The number of anilines is 1. The number of hydrogen-bond donors (Lipinski definition) is 1. The lowest BCUT2D eigenvalue weighted by Gasteiger charge is -2.26. The van der Waals surface area contributed by atoms with Gasteiger partial charge in [0.05, 0.1) is 17.1 Å². The van der Waals surface area contributed by atoms with Gasteiger partial charge in [-0.1, -0.05) is 30.3 Å². The maximum atomic E-state index is 13.3. The molecule has 0 saturated heterocycles. The molecule has 1 N–H and O–H groups in total. The molecule has 0 aliphatic carbocycles. The van der Waals surface area contributed by atoms with Gasteiger partial charge in [-0.05, 0) is 51.0 Å². The highest BCUT2D eigenvalue weighted by atomic mass is 16.6. The average molecular weight is 437 g/mol. The maximum absolute atomic E-state index is 13.3. The Morgan fingerprint density at radius 3 is 2.53 bits per heavy atom. The summed E-state index contributed by atoms with van der Waals surface area (Å²) in [6.07, 6.45) is 0.0722. The number of para-hydroxylation sites is 2. The molecule has 0 fully saturated rings. The number of amides is 2. The van der Waals surface area contributed by atoms with Gasteiger partial charge in [-0.2, -0.15) is 0 Å². The lowest BCUT2D eigenvalue weighted by Crippen LogP contribution is -2.45. The van der Waals surface area contributed by atoms with Crippen molar-refractivity contribution in [3.8, 4) is 0 Å². The van der Waals surface area contributed by atoms with Crippen LogP contribution in [0.25, 0.3) is 11.0 Å². The molecule has 2 amide bonds. The Kier molecular flexibility index (Phi) is 5.54. The van der Waals surface area contributed by atoms with Crippen LogP contribution in [0.5, 0.6) is 0 Å². The molecule has 1 aromatic heterocycles. The number of nitrogens with zero attached hydrogens (tertiary/aromatic N) is 3. The van der Waals surface area contributed by atoms with Gasteiger partial charge >= 0.3 is 11.8 Å². The summed E-state index contributed by atoms with van der Waals surface area (Å²) in [6.45, 7) is 5.67. The van der Waals surface area contributed by atoms with E-state index in [1.165, 1.54) is 4.57 Å². The van der Waals surface area contributed by atoms with Crippen LogP contribution in [0.3, 0.4) is 0 Å². The fourth-order valence-corrected chi connectivity index (χ4v) is 4.10. The zero-order chi connectivity index (χ0) is 23.0. The highest BCUT2D eigenvalue weighted by Gasteiger charge is 2.28. The lowest BCUT2D eigenvalue weighted by atomic mass is 10.0. The van der Waals surface area contributed by atoms with Crippen LogP contribution in [0.15, 0.2) is 53.3 Å². The fraction of sp³-hybridized carbons (Fsp3) is 0.375. The van der Waals surface area contributed by atoms with Crippen LogP contribution in [0.2, 0.25) is 0 Å². The molecule has 32 heavy (non-hydrogen) atoms. The molecule has 1 aliphatic heterocycles. The number of alkyl carbamates (subject to hydrolysis) is 1. The summed E-state index contributed by atoms with van der Waals surface area (Å²) in [4.78, 5) is 40.0. The highest BCUT2D eigenvalue weighted by molar-refractivity contribution is 5.93.